The minimum Gasteiger partial charge on any atom is -0.467 e. The lowest BCUT2D eigenvalue weighted by atomic mass is 9.79. The van der Waals surface area contributed by atoms with E-state index < -0.39 is 23.3 Å². The zero-order valence-electron chi connectivity index (χ0n) is 14.5. The Morgan fingerprint density at radius 1 is 1.21 bits per heavy atom. The number of ether oxygens (including phenoxy) is 3. The number of nitrogens with zero attached hydrogens (tertiary/aromatic N) is 1. The van der Waals surface area contributed by atoms with E-state index in [1.165, 1.54) is 19.2 Å². The van der Waals surface area contributed by atoms with Crippen molar-refractivity contribution in [2.24, 2.45) is 17.8 Å². The molecule has 5 unspecified atom stereocenters. The van der Waals surface area contributed by atoms with Crippen LogP contribution in [0.1, 0.15) is 26.3 Å². The van der Waals surface area contributed by atoms with Crippen molar-refractivity contribution in [3.8, 4) is 5.75 Å². The summed E-state index contributed by atoms with van der Waals surface area (Å²) in [4.78, 5) is 22.3. The maximum Gasteiger partial charge on any atom is 0.335 e. The Balaban J connectivity index is 2.21. The number of non-ortho nitro benzene ring substituents is 1. The third-order valence-corrected chi connectivity index (χ3v) is 4.89. The first-order valence-corrected chi connectivity index (χ1v) is 7.91. The fourth-order valence-corrected chi connectivity index (χ4v) is 2.92. The molecule has 5 atom stereocenters. The van der Waals surface area contributed by atoms with Gasteiger partial charge in [-0.2, -0.15) is 0 Å². The lowest BCUT2D eigenvalue weighted by Gasteiger charge is -2.42. The molecule has 0 radical (unpaired) electrons. The molecule has 7 heteroatoms. The first kappa shape index (κ1) is 18.2. The number of hydrogen-bond donors (Lipinski definition) is 0. The fraction of sp³-hybridized carbons (Fsp3) is 0.588. The second-order valence-corrected chi connectivity index (χ2v) is 6.35. The molecule has 1 fully saturated rings. The van der Waals surface area contributed by atoms with E-state index in [1.54, 1.807) is 13.0 Å². The predicted octanol–water partition coefficient (Wildman–Crippen LogP) is 3.09. The van der Waals surface area contributed by atoms with Crippen LogP contribution in [0.2, 0.25) is 0 Å². The summed E-state index contributed by atoms with van der Waals surface area (Å²) in [6.07, 6.45) is -1.31. The SMILES string of the molecule is COC(=O)C1OC(Oc2ccc([N+](=O)[O-])cc2C)C(C)C(C)C1C. The topological polar surface area (TPSA) is 87.9 Å². The van der Waals surface area contributed by atoms with E-state index in [9.17, 15) is 14.9 Å². The average molecular weight is 337 g/mol. The first-order valence-electron chi connectivity index (χ1n) is 7.91. The van der Waals surface area contributed by atoms with Gasteiger partial charge in [0.15, 0.2) is 6.10 Å². The number of benzene rings is 1. The van der Waals surface area contributed by atoms with E-state index in [0.717, 1.165) is 0 Å². The maximum absolute atomic E-state index is 11.9. The Morgan fingerprint density at radius 2 is 1.88 bits per heavy atom. The first-order chi connectivity index (χ1) is 11.3. The van der Waals surface area contributed by atoms with Gasteiger partial charge in [0, 0.05) is 18.1 Å². The maximum atomic E-state index is 11.9. The van der Waals surface area contributed by atoms with Gasteiger partial charge in [0.1, 0.15) is 5.75 Å². The van der Waals surface area contributed by atoms with Crippen molar-refractivity contribution in [2.75, 3.05) is 7.11 Å². The molecule has 132 valence electrons. The number of esters is 1. The standard InChI is InChI=1S/C17H23NO6/c1-9-8-13(18(20)21)6-7-14(9)23-17-12(4)10(2)11(3)15(24-17)16(19)22-5/h6-8,10-12,15,17H,1-5H3. The monoisotopic (exact) mass is 337 g/mol. The van der Waals surface area contributed by atoms with Gasteiger partial charge in [-0.25, -0.2) is 4.79 Å². The van der Waals surface area contributed by atoms with Crippen molar-refractivity contribution in [2.45, 2.75) is 40.1 Å². The second kappa shape index (κ2) is 7.17. The molecule has 1 aliphatic heterocycles. The molecular weight excluding hydrogens is 314 g/mol. The molecule has 1 saturated heterocycles. The molecule has 7 nitrogen and oxygen atoms in total. The summed E-state index contributed by atoms with van der Waals surface area (Å²) in [6, 6.07) is 4.39. The zero-order valence-corrected chi connectivity index (χ0v) is 14.5. The highest BCUT2D eigenvalue weighted by Gasteiger charge is 2.44. The molecule has 0 spiro atoms. The molecule has 0 amide bonds. The molecule has 2 rings (SSSR count). The second-order valence-electron chi connectivity index (χ2n) is 6.35. The third kappa shape index (κ3) is 3.51. The third-order valence-electron chi connectivity index (χ3n) is 4.89. The number of rotatable bonds is 4. The van der Waals surface area contributed by atoms with Crippen molar-refractivity contribution in [3.63, 3.8) is 0 Å². The summed E-state index contributed by atoms with van der Waals surface area (Å²) in [5.74, 6) is 0.324. The molecule has 0 aromatic heterocycles. The number of aryl methyl sites for hydroxylation is 1. The van der Waals surface area contributed by atoms with Crippen LogP contribution < -0.4 is 4.74 Å². The van der Waals surface area contributed by atoms with E-state index in [1.807, 2.05) is 20.8 Å². The van der Waals surface area contributed by atoms with Crippen molar-refractivity contribution in [1.29, 1.82) is 0 Å². The highest BCUT2D eigenvalue weighted by molar-refractivity contribution is 5.75. The van der Waals surface area contributed by atoms with Gasteiger partial charge in [-0.3, -0.25) is 10.1 Å². The molecule has 0 bridgehead atoms. The van der Waals surface area contributed by atoms with E-state index in [0.29, 0.717) is 11.3 Å². The van der Waals surface area contributed by atoms with Crippen molar-refractivity contribution in [1.82, 2.24) is 0 Å². The summed E-state index contributed by atoms with van der Waals surface area (Å²) in [5.41, 5.74) is 0.646. The van der Waals surface area contributed by atoms with Gasteiger partial charge in [0.25, 0.3) is 5.69 Å². The molecule has 0 N–H and O–H groups in total. The van der Waals surface area contributed by atoms with Crippen LogP contribution in [-0.4, -0.2) is 30.4 Å². The molecule has 0 aliphatic carbocycles. The lowest BCUT2D eigenvalue weighted by Crippen LogP contribution is -2.50. The largest absolute Gasteiger partial charge is 0.467 e. The number of hydrogen-bond acceptors (Lipinski definition) is 6. The average Bonchev–Trinajstić information content (AvgIpc) is 2.55. The summed E-state index contributed by atoms with van der Waals surface area (Å²) < 4.78 is 16.6. The highest BCUT2D eigenvalue weighted by Crippen LogP contribution is 2.37. The Bertz CT molecular complexity index is 632. The van der Waals surface area contributed by atoms with Gasteiger partial charge < -0.3 is 14.2 Å². The molecule has 1 aromatic carbocycles. The zero-order chi connectivity index (χ0) is 18.0. The number of carbonyl (C=O) groups excluding carboxylic acids is 1. The van der Waals surface area contributed by atoms with Crippen LogP contribution >= 0.6 is 0 Å². The predicted molar refractivity (Wildman–Crippen MR) is 86.6 cm³/mol. The van der Waals surface area contributed by atoms with E-state index in [2.05, 4.69) is 0 Å². The Labute approximate surface area is 141 Å². The highest BCUT2D eigenvalue weighted by atomic mass is 16.7. The summed E-state index contributed by atoms with van der Waals surface area (Å²) >= 11 is 0. The van der Waals surface area contributed by atoms with Crippen molar-refractivity contribution < 1.29 is 23.9 Å². The number of carbonyl (C=O) groups is 1. The van der Waals surface area contributed by atoms with Crippen LogP contribution in [0.5, 0.6) is 5.75 Å². The number of nitro benzene ring substituents is 1. The quantitative estimate of drug-likeness (QED) is 0.476. The Morgan fingerprint density at radius 3 is 2.42 bits per heavy atom. The van der Waals surface area contributed by atoms with Crippen LogP contribution in [0.3, 0.4) is 0 Å². The normalized spacial score (nSPS) is 29.8. The van der Waals surface area contributed by atoms with Gasteiger partial charge in [-0.1, -0.05) is 20.8 Å². The van der Waals surface area contributed by atoms with E-state index in [-0.39, 0.29) is 23.4 Å². The number of nitro groups is 1. The Kier molecular flexibility index (Phi) is 5.43. The number of methoxy groups -OCH3 is 1. The van der Waals surface area contributed by atoms with Crippen molar-refractivity contribution >= 4 is 11.7 Å². The fourth-order valence-electron chi connectivity index (χ4n) is 2.92. The van der Waals surface area contributed by atoms with Crippen LogP contribution in [-0.2, 0) is 14.3 Å². The van der Waals surface area contributed by atoms with E-state index >= 15 is 0 Å². The molecule has 1 aliphatic rings. The smallest absolute Gasteiger partial charge is 0.335 e. The lowest BCUT2D eigenvalue weighted by molar-refractivity contribution is -0.384. The Hall–Kier alpha value is -2.15. The van der Waals surface area contributed by atoms with Crippen LogP contribution in [0.15, 0.2) is 18.2 Å². The molecule has 1 heterocycles. The molecular formula is C17H23NO6. The molecule has 1 aromatic rings. The van der Waals surface area contributed by atoms with E-state index in [4.69, 9.17) is 14.2 Å². The van der Waals surface area contributed by atoms with Crippen LogP contribution in [0.4, 0.5) is 5.69 Å². The van der Waals surface area contributed by atoms with Gasteiger partial charge >= 0.3 is 5.97 Å². The minimum absolute atomic E-state index is 0.00487. The van der Waals surface area contributed by atoms with Gasteiger partial charge in [0.2, 0.25) is 6.29 Å². The minimum atomic E-state index is -0.690. The van der Waals surface area contributed by atoms with Crippen LogP contribution in [0.25, 0.3) is 0 Å². The summed E-state index contributed by atoms with van der Waals surface area (Å²) in [6.45, 7) is 7.74. The molecule has 24 heavy (non-hydrogen) atoms. The summed E-state index contributed by atoms with van der Waals surface area (Å²) in [5, 5.41) is 10.8. The van der Waals surface area contributed by atoms with Gasteiger partial charge in [-0.05, 0) is 30.4 Å². The summed E-state index contributed by atoms with van der Waals surface area (Å²) in [7, 11) is 1.33. The van der Waals surface area contributed by atoms with Gasteiger partial charge in [-0.15, -0.1) is 0 Å². The van der Waals surface area contributed by atoms with Gasteiger partial charge in [0.05, 0.1) is 12.0 Å². The van der Waals surface area contributed by atoms with Crippen molar-refractivity contribution in [3.05, 3.63) is 33.9 Å². The molecule has 0 saturated carbocycles. The van der Waals surface area contributed by atoms with Crippen LogP contribution in [0, 0.1) is 34.8 Å².